The van der Waals surface area contributed by atoms with Crippen LogP contribution in [0.1, 0.15) is 44.3 Å². The molecule has 0 aliphatic carbocycles. The highest BCUT2D eigenvalue weighted by atomic mass is 32.1. The first kappa shape index (κ1) is 17.9. The number of aryl methyl sites for hydroxylation is 2. The summed E-state index contributed by atoms with van der Waals surface area (Å²) in [6, 6.07) is 8.38. The van der Waals surface area contributed by atoms with Crippen molar-refractivity contribution in [3.05, 3.63) is 51.2 Å². The fourth-order valence-corrected chi connectivity index (χ4v) is 3.19. The molecule has 0 atom stereocenters. The minimum atomic E-state index is -0.504. The van der Waals surface area contributed by atoms with Gasteiger partial charge in [-0.25, -0.2) is 4.79 Å². The molecule has 6 heteroatoms. The third-order valence-corrected chi connectivity index (χ3v) is 4.79. The molecule has 126 valence electrons. The first-order chi connectivity index (χ1) is 11.4. The van der Waals surface area contributed by atoms with Gasteiger partial charge in [-0.15, -0.1) is 11.3 Å². The maximum atomic E-state index is 12.0. The molecular weight excluding hydrogens is 326 g/mol. The Morgan fingerprint density at radius 3 is 2.58 bits per heavy atom. The summed E-state index contributed by atoms with van der Waals surface area (Å²) in [6.07, 6.45) is 0.858. The van der Waals surface area contributed by atoms with Crippen molar-refractivity contribution in [2.45, 2.75) is 27.2 Å². The largest absolute Gasteiger partial charge is 0.451 e. The van der Waals surface area contributed by atoms with E-state index in [0.29, 0.717) is 16.1 Å². The molecule has 0 saturated heterocycles. The van der Waals surface area contributed by atoms with E-state index in [-0.39, 0.29) is 12.4 Å². The molecule has 1 aromatic heterocycles. The molecule has 1 aromatic carbocycles. The van der Waals surface area contributed by atoms with Crippen LogP contribution < -0.4 is 5.32 Å². The summed E-state index contributed by atoms with van der Waals surface area (Å²) in [6.45, 7) is 5.05. The number of ether oxygens (including phenoxy) is 1. The SMILES string of the molecule is CCc1sc(C(=O)OCC(=O)Nc2cccc(C(C)=O)c2)cc1C. The Balaban J connectivity index is 1.91. The third-order valence-electron chi connectivity index (χ3n) is 3.43. The number of amides is 1. The van der Waals surface area contributed by atoms with Crippen molar-refractivity contribution >= 4 is 34.7 Å². The normalized spacial score (nSPS) is 10.3. The van der Waals surface area contributed by atoms with E-state index in [4.69, 9.17) is 4.74 Å². The van der Waals surface area contributed by atoms with Gasteiger partial charge >= 0.3 is 5.97 Å². The Morgan fingerprint density at radius 2 is 1.96 bits per heavy atom. The number of nitrogens with one attached hydrogen (secondary N) is 1. The van der Waals surface area contributed by atoms with Crippen molar-refractivity contribution in [3.8, 4) is 0 Å². The summed E-state index contributed by atoms with van der Waals surface area (Å²) < 4.78 is 5.05. The lowest BCUT2D eigenvalue weighted by Crippen LogP contribution is -2.20. The van der Waals surface area contributed by atoms with E-state index in [9.17, 15) is 14.4 Å². The van der Waals surface area contributed by atoms with Crippen molar-refractivity contribution in [1.82, 2.24) is 0 Å². The van der Waals surface area contributed by atoms with Gasteiger partial charge in [0.05, 0.1) is 0 Å². The number of ketones is 1. The van der Waals surface area contributed by atoms with Crippen LogP contribution in [0.3, 0.4) is 0 Å². The smallest absolute Gasteiger partial charge is 0.348 e. The second-order valence-electron chi connectivity index (χ2n) is 5.33. The van der Waals surface area contributed by atoms with Crippen molar-refractivity contribution in [2.24, 2.45) is 0 Å². The van der Waals surface area contributed by atoms with Gasteiger partial charge in [-0.3, -0.25) is 9.59 Å². The summed E-state index contributed by atoms with van der Waals surface area (Å²) in [5.41, 5.74) is 2.05. The highest BCUT2D eigenvalue weighted by molar-refractivity contribution is 7.14. The summed E-state index contributed by atoms with van der Waals surface area (Å²) >= 11 is 1.38. The number of esters is 1. The molecule has 1 amide bonds. The second kappa shape index (κ2) is 7.88. The zero-order valence-electron chi connectivity index (χ0n) is 13.8. The highest BCUT2D eigenvalue weighted by Gasteiger charge is 2.15. The molecule has 0 fully saturated rings. The Kier molecular flexibility index (Phi) is 5.87. The number of carbonyl (C=O) groups is 3. The van der Waals surface area contributed by atoms with Crippen LogP contribution in [0.5, 0.6) is 0 Å². The molecular formula is C18H19NO4S. The number of anilines is 1. The summed E-state index contributed by atoms with van der Waals surface area (Å²) in [5.74, 6) is -1.04. The lowest BCUT2D eigenvalue weighted by molar-refractivity contribution is -0.119. The van der Waals surface area contributed by atoms with Gasteiger partial charge in [0.25, 0.3) is 5.91 Å². The van der Waals surface area contributed by atoms with Crippen molar-refractivity contribution in [3.63, 3.8) is 0 Å². The highest BCUT2D eigenvalue weighted by Crippen LogP contribution is 2.23. The summed E-state index contributed by atoms with van der Waals surface area (Å²) in [5, 5.41) is 2.61. The van der Waals surface area contributed by atoms with Gasteiger partial charge in [-0.05, 0) is 44.0 Å². The first-order valence-corrected chi connectivity index (χ1v) is 8.39. The van der Waals surface area contributed by atoms with Crippen LogP contribution in [0.25, 0.3) is 0 Å². The van der Waals surface area contributed by atoms with E-state index < -0.39 is 11.9 Å². The Hall–Kier alpha value is -2.47. The van der Waals surface area contributed by atoms with Crippen LogP contribution in [-0.2, 0) is 16.0 Å². The molecule has 2 aromatic rings. The van der Waals surface area contributed by atoms with Crippen LogP contribution in [0.15, 0.2) is 30.3 Å². The average Bonchev–Trinajstić information content (AvgIpc) is 2.94. The Morgan fingerprint density at radius 1 is 1.21 bits per heavy atom. The molecule has 0 radical (unpaired) electrons. The number of hydrogen-bond acceptors (Lipinski definition) is 5. The van der Waals surface area contributed by atoms with E-state index in [0.717, 1.165) is 16.9 Å². The fraction of sp³-hybridized carbons (Fsp3) is 0.278. The molecule has 1 heterocycles. The lowest BCUT2D eigenvalue weighted by atomic mass is 10.1. The lowest BCUT2D eigenvalue weighted by Gasteiger charge is -2.07. The average molecular weight is 345 g/mol. The molecule has 5 nitrogen and oxygen atoms in total. The molecule has 0 aliphatic heterocycles. The topological polar surface area (TPSA) is 72.5 Å². The van der Waals surface area contributed by atoms with Gasteiger partial charge in [0.15, 0.2) is 12.4 Å². The van der Waals surface area contributed by atoms with E-state index >= 15 is 0 Å². The van der Waals surface area contributed by atoms with Crippen LogP contribution in [0.2, 0.25) is 0 Å². The molecule has 0 aliphatic rings. The molecule has 0 spiro atoms. The Bertz CT molecular complexity index is 779. The number of carbonyl (C=O) groups excluding carboxylic acids is 3. The van der Waals surface area contributed by atoms with Gasteiger partial charge in [0.1, 0.15) is 4.88 Å². The number of thiophene rings is 1. The monoisotopic (exact) mass is 345 g/mol. The van der Waals surface area contributed by atoms with Crippen LogP contribution in [0.4, 0.5) is 5.69 Å². The zero-order valence-corrected chi connectivity index (χ0v) is 14.7. The van der Waals surface area contributed by atoms with Crippen molar-refractivity contribution in [1.29, 1.82) is 0 Å². The summed E-state index contributed by atoms with van der Waals surface area (Å²) in [4.78, 5) is 36.8. The fourth-order valence-electron chi connectivity index (χ4n) is 2.19. The van der Waals surface area contributed by atoms with Gasteiger partial charge < -0.3 is 10.1 Å². The van der Waals surface area contributed by atoms with Crippen LogP contribution >= 0.6 is 11.3 Å². The number of rotatable bonds is 6. The first-order valence-electron chi connectivity index (χ1n) is 7.58. The van der Waals surface area contributed by atoms with Gasteiger partial charge in [-0.1, -0.05) is 19.1 Å². The van der Waals surface area contributed by atoms with Gasteiger partial charge in [0.2, 0.25) is 0 Å². The molecule has 0 saturated carbocycles. The second-order valence-corrected chi connectivity index (χ2v) is 6.47. The van der Waals surface area contributed by atoms with E-state index in [1.165, 1.54) is 18.3 Å². The van der Waals surface area contributed by atoms with E-state index in [1.54, 1.807) is 30.3 Å². The molecule has 2 rings (SSSR count). The van der Waals surface area contributed by atoms with Crippen molar-refractivity contribution in [2.75, 3.05) is 11.9 Å². The predicted molar refractivity (Wildman–Crippen MR) is 93.8 cm³/mol. The standard InChI is InChI=1S/C18H19NO4S/c1-4-15-11(2)8-16(24-15)18(22)23-10-17(21)19-14-7-5-6-13(9-14)12(3)20/h5-9H,4,10H2,1-3H3,(H,19,21). The number of benzene rings is 1. The van der Waals surface area contributed by atoms with Gasteiger partial charge in [-0.2, -0.15) is 0 Å². The number of Topliss-reactive ketones (excluding diaryl/α,β-unsaturated/α-hetero) is 1. The van der Waals surface area contributed by atoms with Crippen molar-refractivity contribution < 1.29 is 19.1 Å². The maximum absolute atomic E-state index is 12.0. The maximum Gasteiger partial charge on any atom is 0.348 e. The zero-order chi connectivity index (χ0) is 17.7. The Labute approximate surface area is 144 Å². The number of hydrogen-bond donors (Lipinski definition) is 1. The molecule has 1 N–H and O–H groups in total. The molecule has 24 heavy (non-hydrogen) atoms. The molecule has 0 unspecified atom stereocenters. The van der Waals surface area contributed by atoms with Crippen LogP contribution in [0, 0.1) is 6.92 Å². The van der Waals surface area contributed by atoms with Gasteiger partial charge in [0, 0.05) is 16.1 Å². The van der Waals surface area contributed by atoms with E-state index in [1.807, 2.05) is 13.8 Å². The third kappa shape index (κ3) is 4.52. The van der Waals surface area contributed by atoms with E-state index in [2.05, 4.69) is 5.32 Å². The quantitative estimate of drug-likeness (QED) is 0.641. The predicted octanol–water partition coefficient (Wildman–Crippen LogP) is 3.62. The summed E-state index contributed by atoms with van der Waals surface area (Å²) in [7, 11) is 0. The minimum Gasteiger partial charge on any atom is -0.451 e. The van der Waals surface area contributed by atoms with Crippen LogP contribution in [-0.4, -0.2) is 24.3 Å². The molecule has 0 bridgehead atoms. The minimum absolute atomic E-state index is 0.0858.